The lowest BCUT2D eigenvalue weighted by atomic mass is 9.67. The Morgan fingerprint density at radius 2 is 1.95 bits per heavy atom. The first-order valence-corrected chi connectivity index (χ1v) is 9.02. The minimum atomic E-state index is -0.0434. The topological polar surface area (TPSA) is 32.8 Å². The first-order valence-electron chi connectivity index (χ1n) is 9.02. The maximum absolute atomic E-state index is 10.6. The highest BCUT2D eigenvalue weighted by Gasteiger charge is 2.47. The molecule has 3 fully saturated rings. The van der Waals surface area contributed by atoms with Crippen molar-refractivity contribution in [1.29, 1.82) is 0 Å². The highest BCUT2D eigenvalue weighted by atomic mass is 16.6. The van der Waals surface area contributed by atoms with Gasteiger partial charge in [0.25, 0.3) is 0 Å². The van der Waals surface area contributed by atoms with Gasteiger partial charge in [-0.05, 0) is 62.2 Å². The van der Waals surface area contributed by atoms with E-state index < -0.39 is 0 Å². The molecule has 0 amide bonds. The Morgan fingerprint density at radius 1 is 1.10 bits per heavy atom. The highest BCUT2D eigenvalue weighted by molar-refractivity contribution is 4.96. The van der Waals surface area contributed by atoms with Gasteiger partial charge in [-0.15, -0.1) is 0 Å². The Kier molecular flexibility index (Phi) is 4.72. The number of aliphatic hydroxyl groups is 1. The standard InChI is InChI=1S/C18H32O2/c1-3-4-5-12(2)13-6-8-15(16(19)10-13)14-7-9-17-18(11-14)20-17/h12-19H,3-11H2,1-2H3. The predicted molar refractivity (Wildman–Crippen MR) is 81.5 cm³/mol. The van der Waals surface area contributed by atoms with E-state index in [0.29, 0.717) is 18.1 Å². The summed E-state index contributed by atoms with van der Waals surface area (Å²) in [5, 5.41) is 10.6. The van der Waals surface area contributed by atoms with E-state index >= 15 is 0 Å². The molecule has 2 nitrogen and oxygen atoms in total. The van der Waals surface area contributed by atoms with Crippen LogP contribution in [0, 0.1) is 23.7 Å². The van der Waals surface area contributed by atoms with Crippen molar-refractivity contribution in [2.24, 2.45) is 23.7 Å². The van der Waals surface area contributed by atoms with Crippen molar-refractivity contribution in [2.75, 3.05) is 0 Å². The van der Waals surface area contributed by atoms with Crippen LogP contribution >= 0.6 is 0 Å². The van der Waals surface area contributed by atoms with E-state index in [0.717, 1.165) is 24.2 Å². The van der Waals surface area contributed by atoms with Gasteiger partial charge >= 0.3 is 0 Å². The summed E-state index contributed by atoms with van der Waals surface area (Å²) in [4.78, 5) is 0. The fraction of sp³-hybridized carbons (Fsp3) is 1.00. The van der Waals surface area contributed by atoms with Crippen molar-refractivity contribution in [2.45, 2.75) is 89.9 Å². The number of hydrogen-bond acceptors (Lipinski definition) is 2. The van der Waals surface area contributed by atoms with Crippen LogP contribution < -0.4 is 0 Å². The van der Waals surface area contributed by atoms with Crippen molar-refractivity contribution in [3.05, 3.63) is 0 Å². The Labute approximate surface area is 124 Å². The lowest BCUT2D eigenvalue weighted by Gasteiger charge is -2.40. The second-order valence-corrected chi connectivity index (χ2v) is 7.71. The average Bonchev–Trinajstić information content (AvgIpc) is 3.23. The number of fused-ring (bicyclic) bond motifs is 1. The normalized spacial score (nSPS) is 45.8. The molecule has 1 saturated heterocycles. The summed E-state index contributed by atoms with van der Waals surface area (Å²) in [6, 6.07) is 0. The van der Waals surface area contributed by atoms with Gasteiger partial charge in [0, 0.05) is 0 Å². The smallest absolute Gasteiger partial charge is 0.0844 e. The predicted octanol–water partition coefficient (Wildman–Crippen LogP) is 4.16. The minimum Gasteiger partial charge on any atom is -0.393 e. The molecule has 1 heterocycles. The molecule has 0 radical (unpaired) electrons. The van der Waals surface area contributed by atoms with Crippen molar-refractivity contribution >= 4 is 0 Å². The molecule has 3 aliphatic rings. The van der Waals surface area contributed by atoms with Gasteiger partial charge in [-0.1, -0.05) is 33.1 Å². The zero-order chi connectivity index (χ0) is 14.1. The molecule has 3 rings (SSSR count). The Morgan fingerprint density at radius 3 is 2.65 bits per heavy atom. The fourth-order valence-electron chi connectivity index (χ4n) is 4.85. The zero-order valence-electron chi connectivity index (χ0n) is 13.3. The monoisotopic (exact) mass is 280 g/mol. The number of aliphatic hydroxyl groups excluding tert-OH is 1. The van der Waals surface area contributed by atoms with E-state index in [4.69, 9.17) is 4.74 Å². The summed E-state index contributed by atoms with van der Waals surface area (Å²) in [6.45, 7) is 4.67. The molecule has 0 aromatic rings. The van der Waals surface area contributed by atoms with Gasteiger partial charge in [-0.25, -0.2) is 0 Å². The van der Waals surface area contributed by atoms with Crippen LogP contribution in [0.5, 0.6) is 0 Å². The van der Waals surface area contributed by atoms with E-state index in [9.17, 15) is 5.11 Å². The maximum atomic E-state index is 10.6. The molecule has 1 N–H and O–H groups in total. The van der Waals surface area contributed by atoms with Gasteiger partial charge in [0.15, 0.2) is 0 Å². The SMILES string of the molecule is CCCCC(C)C1CCC(C2CCC3OC3C2)C(O)C1. The Bertz CT molecular complexity index is 317. The van der Waals surface area contributed by atoms with Gasteiger partial charge in [0.2, 0.25) is 0 Å². The third-order valence-electron chi connectivity index (χ3n) is 6.38. The van der Waals surface area contributed by atoms with Crippen LogP contribution in [-0.4, -0.2) is 23.4 Å². The van der Waals surface area contributed by atoms with E-state index in [1.165, 1.54) is 51.4 Å². The lowest BCUT2D eigenvalue weighted by Crippen LogP contribution is -2.37. The van der Waals surface area contributed by atoms with Crippen LogP contribution in [0.1, 0.15) is 71.6 Å². The molecular weight excluding hydrogens is 248 g/mol. The van der Waals surface area contributed by atoms with Crippen molar-refractivity contribution in [3.8, 4) is 0 Å². The van der Waals surface area contributed by atoms with E-state index in [1.54, 1.807) is 0 Å². The minimum absolute atomic E-state index is 0.0434. The van der Waals surface area contributed by atoms with Crippen LogP contribution in [0.2, 0.25) is 0 Å². The van der Waals surface area contributed by atoms with Crippen molar-refractivity contribution in [3.63, 3.8) is 0 Å². The summed E-state index contributed by atoms with van der Waals surface area (Å²) >= 11 is 0. The van der Waals surface area contributed by atoms with Crippen LogP contribution in [0.25, 0.3) is 0 Å². The lowest BCUT2D eigenvalue weighted by molar-refractivity contribution is -0.00413. The van der Waals surface area contributed by atoms with E-state index in [2.05, 4.69) is 13.8 Å². The van der Waals surface area contributed by atoms with Crippen molar-refractivity contribution in [1.82, 2.24) is 0 Å². The molecule has 7 atom stereocenters. The van der Waals surface area contributed by atoms with Crippen LogP contribution in [-0.2, 0) is 4.74 Å². The molecule has 1 aliphatic heterocycles. The summed E-state index contributed by atoms with van der Waals surface area (Å²) in [6.07, 6.45) is 12.5. The molecule has 2 heteroatoms. The number of epoxide rings is 1. The van der Waals surface area contributed by atoms with Gasteiger partial charge in [-0.2, -0.15) is 0 Å². The average molecular weight is 280 g/mol. The molecule has 0 bridgehead atoms. The zero-order valence-corrected chi connectivity index (χ0v) is 13.3. The van der Waals surface area contributed by atoms with Crippen LogP contribution in [0.4, 0.5) is 0 Å². The first kappa shape index (κ1) is 14.8. The third kappa shape index (κ3) is 3.22. The fourth-order valence-corrected chi connectivity index (χ4v) is 4.85. The van der Waals surface area contributed by atoms with Gasteiger partial charge in [0.05, 0.1) is 18.3 Å². The van der Waals surface area contributed by atoms with Gasteiger partial charge < -0.3 is 9.84 Å². The molecule has 116 valence electrons. The van der Waals surface area contributed by atoms with E-state index in [1.807, 2.05) is 0 Å². The highest BCUT2D eigenvalue weighted by Crippen LogP contribution is 2.47. The number of unbranched alkanes of at least 4 members (excludes halogenated alkanes) is 1. The third-order valence-corrected chi connectivity index (χ3v) is 6.38. The molecule has 0 aromatic carbocycles. The van der Waals surface area contributed by atoms with Gasteiger partial charge in [-0.3, -0.25) is 0 Å². The summed E-state index contributed by atoms with van der Waals surface area (Å²) in [5.74, 6) is 2.87. The molecule has 20 heavy (non-hydrogen) atoms. The summed E-state index contributed by atoms with van der Waals surface area (Å²) < 4.78 is 5.66. The largest absolute Gasteiger partial charge is 0.393 e. The molecule has 2 aliphatic carbocycles. The summed E-state index contributed by atoms with van der Waals surface area (Å²) in [5.41, 5.74) is 0. The maximum Gasteiger partial charge on any atom is 0.0844 e. The van der Waals surface area contributed by atoms with Crippen LogP contribution in [0.3, 0.4) is 0 Å². The second-order valence-electron chi connectivity index (χ2n) is 7.71. The molecular formula is C18H32O2. The van der Waals surface area contributed by atoms with Gasteiger partial charge in [0.1, 0.15) is 0 Å². The van der Waals surface area contributed by atoms with Crippen LogP contribution in [0.15, 0.2) is 0 Å². The number of rotatable bonds is 5. The number of ether oxygens (including phenoxy) is 1. The molecule has 0 aromatic heterocycles. The number of hydrogen-bond donors (Lipinski definition) is 1. The molecule has 2 saturated carbocycles. The van der Waals surface area contributed by atoms with Crippen molar-refractivity contribution < 1.29 is 9.84 Å². The Balaban J connectivity index is 1.48. The quantitative estimate of drug-likeness (QED) is 0.767. The Hall–Kier alpha value is -0.0800. The van der Waals surface area contributed by atoms with E-state index in [-0.39, 0.29) is 6.10 Å². The molecule has 0 spiro atoms. The summed E-state index contributed by atoms with van der Waals surface area (Å²) in [7, 11) is 0. The molecule has 7 unspecified atom stereocenters. The first-order chi connectivity index (χ1) is 9.69. The second kappa shape index (κ2) is 6.36.